The van der Waals surface area contributed by atoms with Crippen molar-refractivity contribution in [1.82, 2.24) is 29.6 Å². The van der Waals surface area contributed by atoms with Gasteiger partial charge in [-0.3, -0.25) is 4.79 Å². The number of carbonyl (C=O) groups is 1. The topological polar surface area (TPSA) is 90.0 Å². The summed E-state index contributed by atoms with van der Waals surface area (Å²) in [7, 11) is 0. The van der Waals surface area contributed by atoms with Crippen LogP contribution >= 0.6 is 0 Å². The van der Waals surface area contributed by atoms with Crippen LogP contribution in [0.2, 0.25) is 0 Å². The molecule has 0 bridgehead atoms. The number of aryl methyl sites for hydroxylation is 3. The highest BCUT2D eigenvalue weighted by atomic mass is 16.1. The lowest BCUT2D eigenvalue weighted by atomic mass is 10.1. The van der Waals surface area contributed by atoms with E-state index in [9.17, 15) is 4.79 Å². The van der Waals surface area contributed by atoms with Gasteiger partial charge < -0.3 is 5.32 Å². The van der Waals surface area contributed by atoms with Gasteiger partial charge >= 0.3 is 0 Å². The number of benzene rings is 1. The second kappa shape index (κ2) is 7.46. The Kier molecular flexibility index (Phi) is 4.84. The number of hydrogen-bond acceptors (Lipinski definition) is 5. The third-order valence-corrected chi connectivity index (χ3v) is 4.97. The molecule has 0 aliphatic heterocycles. The van der Waals surface area contributed by atoms with E-state index < -0.39 is 0 Å². The monoisotopic (exact) mass is 389 g/mol. The van der Waals surface area contributed by atoms with Gasteiger partial charge in [-0.1, -0.05) is 12.1 Å². The second-order valence-electron chi connectivity index (χ2n) is 7.19. The molecule has 0 radical (unpaired) electrons. The molecule has 3 aromatic heterocycles. The molecule has 0 unspecified atom stereocenters. The number of carbonyl (C=O) groups excluding carboxylic acids is 1. The van der Waals surface area contributed by atoms with Crippen LogP contribution in [-0.2, 0) is 11.2 Å². The molecule has 0 saturated heterocycles. The summed E-state index contributed by atoms with van der Waals surface area (Å²) in [4.78, 5) is 12.4. The molecule has 148 valence electrons. The Morgan fingerprint density at radius 1 is 1.03 bits per heavy atom. The van der Waals surface area contributed by atoms with Crippen LogP contribution in [0.25, 0.3) is 11.5 Å². The maximum Gasteiger partial charge on any atom is 0.224 e. The average molecular weight is 389 g/mol. The van der Waals surface area contributed by atoms with Crippen LogP contribution in [-0.4, -0.2) is 35.5 Å². The number of hydrogen-bond donors (Lipinski definition) is 1. The summed E-state index contributed by atoms with van der Waals surface area (Å²) in [5.41, 5.74) is 5.56. The van der Waals surface area contributed by atoms with Crippen molar-refractivity contribution in [1.29, 1.82) is 0 Å². The molecular formula is C21H23N7O. The molecule has 0 saturated carbocycles. The molecule has 1 amide bonds. The second-order valence-corrected chi connectivity index (χ2v) is 7.19. The molecule has 1 aromatic carbocycles. The first-order chi connectivity index (χ1) is 13.9. The molecule has 29 heavy (non-hydrogen) atoms. The van der Waals surface area contributed by atoms with Crippen LogP contribution in [0, 0.1) is 27.7 Å². The van der Waals surface area contributed by atoms with E-state index in [1.807, 2.05) is 68.8 Å². The van der Waals surface area contributed by atoms with Crippen LogP contribution in [0.15, 0.2) is 36.4 Å². The van der Waals surface area contributed by atoms with Gasteiger partial charge in [0, 0.05) is 17.8 Å². The third-order valence-electron chi connectivity index (χ3n) is 4.97. The highest BCUT2D eigenvalue weighted by Crippen LogP contribution is 2.19. The number of nitrogens with zero attached hydrogens (tertiary/aromatic N) is 6. The highest BCUT2D eigenvalue weighted by molar-refractivity contribution is 5.90. The van der Waals surface area contributed by atoms with Crippen LogP contribution in [0.4, 0.5) is 5.69 Å². The molecule has 4 aromatic rings. The molecule has 0 atom stereocenters. The first-order valence-electron chi connectivity index (χ1n) is 9.53. The molecule has 0 fully saturated rings. The van der Waals surface area contributed by atoms with Gasteiger partial charge in [-0.05, 0) is 69.5 Å². The van der Waals surface area contributed by atoms with Crippen molar-refractivity contribution < 1.29 is 4.79 Å². The van der Waals surface area contributed by atoms with E-state index in [4.69, 9.17) is 0 Å². The zero-order chi connectivity index (χ0) is 20.5. The van der Waals surface area contributed by atoms with Gasteiger partial charge in [0.15, 0.2) is 17.3 Å². The fourth-order valence-corrected chi connectivity index (χ4v) is 3.44. The Labute approximate surface area is 168 Å². The fourth-order valence-electron chi connectivity index (χ4n) is 3.44. The van der Waals surface area contributed by atoms with Crippen molar-refractivity contribution >= 4 is 17.2 Å². The number of aromatic nitrogens is 6. The Balaban J connectivity index is 1.52. The molecule has 1 N–H and O–H groups in total. The van der Waals surface area contributed by atoms with Gasteiger partial charge in [0.2, 0.25) is 5.91 Å². The van der Waals surface area contributed by atoms with Gasteiger partial charge in [-0.2, -0.15) is 9.61 Å². The van der Waals surface area contributed by atoms with Crippen LogP contribution in [0.3, 0.4) is 0 Å². The summed E-state index contributed by atoms with van der Waals surface area (Å²) in [5.74, 6) is 1.40. The SMILES string of the molecule is Cc1cccc(NC(=O)CCc2c(C)nn(-c3ccc4nnc(C)n4n3)c2C)c1. The van der Waals surface area contributed by atoms with Crippen LogP contribution < -0.4 is 5.32 Å². The first-order valence-corrected chi connectivity index (χ1v) is 9.53. The van der Waals surface area contributed by atoms with E-state index in [0.717, 1.165) is 34.0 Å². The minimum Gasteiger partial charge on any atom is -0.326 e. The number of rotatable bonds is 5. The Morgan fingerprint density at radius 2 is 1.86 bits per heavy atom. The van der Waals surface area contributed by atoms with Crippen LogP contribution in [0.5, 0.6) is 0 Å². The maximum atomic E-state index is 12.4. The highest BCUT2D eigenvalue weighted by Gasteiger charge is 2.16. The average Bonchev–Trinajstić information content (AvgIpc) is 3.19. The molecule has 3 heterocycles. The standard InChI is InChI=1S/C21H23N7O/c1-13-6-5-7-17(12-13)22-21(29)11-8-18-14(2)25-27(15(18)3)20-10-9-19-24-23-16(4)28(19)26-20/h5-7,9-10,12H,8,11H2,1-4H3,(H,22,29). The fraction of sp³-hybridized carbons (Fsp3) is 0.286. The first kappa shape index (κ1) is 18.8. The predicted octanol–water partition coefficient (Wildman–Crippen LogP) is 3.11. The van der Waals surface area contributed by atoms with E-state index in [0.29, 0.717) is 24.3 Å². The molecule has 0 spiro atoms. The molecule has 8 nitrogen and oxygen atoms in total. The van der Waals surface area contributed by atoms with E-state index in [1.54, 1.807) is 4.52 Å². The van der Waals surface area contributed by atoms with Crippen molar-refractivity contribution in [2.45, 2.75) is 40.5 Å². The summed E-state index contributed by atoms with van der Waals surface area (Å²) in [6.07, 6.45) is 1.00. The molecule has 8 heteroatoms. The van der Waals surface area contributed by atoms with Crippen molar-refractivity contribution in [3.8, 4) is 5.82 Å². The quantitative estimate of drug-likeness (QED) is 0.566. The summed E-state index contributed by atoms with van der Waals surface area (Å²) in [6.45, 7) is 7.82. The number of fused-ring (bicyclic) bond motifs is 1. The minimum absolute atomic E-state index is 0.0122. The largest absolute Gasteiger partial charge is 0.326 e. The Hall–Kier alpha value is -3.55. The van der Waals surface area contributed by atoms with E-state index >= 15 is 0 Å². The van der Waals surface area contributed by atoms with Crippen LogP contribution in [0.1, 0.15) is 34.8 Å². The van der Waals surface area contributed by atoms with Gasteiger partial charge in [-0.15, -0.1) is 15.3 Å². The summed E-state index contributed by atoms with van der Waals surface area (Å²) in [5, 5.41) is 20.3. The van der Waals surface area contributed by atoms with E-state index in [-0.39, 0.29) is 5.91 Å². The Morgan fingerprint density at radius 3 is 2.66 bits per heavy atom. The number of amides is 1. The van der Waals surface area contributed by atoms with E-state index in [2.05, 4.69) is 25.7 Å². The van der Waals surface area contributed by atoms with Gasteiger partial charge in [0.25, 0.3) is 0 Å². The molecule has 0 aliphatic rings. The normalized spacial score (nSPS) is 11.2. The maximum absolute atomic E-state index is 12.4. The van der Waals surface area contributed by atoms with Gasteiger partial charge in [0.1, 0.15) is 0 Å². The van der Waals surface area contributed by atoms with Crippen molar-refractivity contribution in [3.63, 3.8) is 0 Å². The number of anilines is 1. The number of nitrogens with one attached hydrogen (secondary N) is 1. The van der Waals surface area contributed by atoms with Gasteiger partial charge in [-0.25, -0.2) is 4.68 Å². The summed E-state index contributed by atoms with van der Waals surface area (Å²) >= 11 is 0. The Bertz CT molecular complexity index is 1210. The third kappa shape index (κ3) is 3.73. The van der Waals surface area contributed by atoms with E-state index in [1.165, 1.54) is 0 Å². The smallest absolute Gasteiger partial charge is 0.224 e. The predicted molar refractivity (Wildman–Crippen MR) is 110 cm³/mol. The lowest BCUT2D eigenvalue weighted by Gasteiger charge is -2.07. The molecule has 4 rings (SSSR count). The van der Waals surface area contributed by atoms with Crippen molar-refractivity contribution in [2.24, 2.45) is 0 Å². The zero-order valence-electron chi connectivity index (χ0n) is 17.0. The summed E-state index contributed by atoms with van der Waals surface area (Å²) < 4.78 is 3.50. The lowest BCUT2D eigenvalue weighted by molar-refractivity contribution is -0.116. The summed E-state index contributed by atoms with van der Waals surface area (Å²) in [6, 6.07) is 11.5. The van der Waals surface area contributed by atoms with Crippen molar-refractivity contribution in [2.75, 3.05) is 5.32 Å². The molecule has 0 aliphatic carbocycles. The van der Waals surface area contributed by atoms with Gasteiger partial charge in [0.05, 0.1) is 5.69 Å². The minimum atomic E-state index is -0.0122. The molecular weight excluding hydrogens is 366 g/mol. The lowest BCUT2D eigenvalue weighted by Crippen LogP contribution is -2.13. The zero-order valence-corrected chi connectivity index (χ0v) is 17.0. The van der Waals surface area contributed by atoms with Crippen molar-refractivity contribution in [3.05, 3.63) is 64.7 Å².